The standard InChI is InChI=1S/C27H19ClF3N7O2S/c28-17-3-1-15(19(11-17)27(29,30)31)10-18(14-2-4-20-16(9-14)13-36-37-20)23-25(39)38(26(40)41-23)21(24-34-7-8-35-24)12-22-32-5-6-33-22/h1-9,11,13,21H,10,12H2,(H,32,33)(H,34,35)(H,36,37)/b23-18-. The molecule has 0 bridgehead atoms. The number of imidazole rings is 2. The second-order valence-electron chi connectivity index (χ2n) is 9.23. The van der Waals surface area contributed by atoms with E-state index in [2.05, 4.69) is 30.1 Å². The summed E-state index contributed by atoms with van der Waals surface area (Å²) in [7, 11) is 0. The van der Waals surface area contributed by atoms with E-state index in [1.54, 1.807) is 43.0 Å². The van der Waals surface area contributed by atoms with Crippen LogP contribution in [0.2, 0.25) is 5.02 Å². The molecular formula is C27H19ClF3N7O2S. The number of H-pyrrole nitrogens is 3. The number of aromatic amines is 3. The van der Waals surface area contributed by atoms with Gasteiger partial charge in [-0.2, -0.15) is 18.3 Å². The van der Waals surface area contributed by atoms with E-state index in [1.165, 1.54) is 18.3 Å². The summed E-state index contributed by atoms with van der Waals surface area (Å²) in [5, 5.41) is 6.89. The first-order valence-corrected chi connectivity index (χ1v) is 13.4. The largest absolute Gasteiger partial charge is 0.416 e. The quantitative estimate of drug-likeness (QED) is 0.189. The van der Waals surface area contributed by atoms with Crippen LogP contribution >= 0.6 is 23.4 Å². The molecule has 1 aliphatic rings. The van der Waals surface area contributed by atoms with Crippen LogP contribution in [0.1, 0.15) is 34.4 Å². The lowest BCUT2D eigenvalue weighted by molar-refractivity contribution is -0.138. The molecule has 2 aromatic carbocycles. The molecule has 1 atom stereocenters. The Morgan fingerprint density at radius 1 is 1.05 bits per heavy atom. The van der Waals surface area contributed by atoms with Crippen molar-refractivity contribution in [3.05, 3.63) is 106 Å². The van der Waals surface area contributed by atoms with Crippen molar-refractivity contribution in [2.24, 2.45) is 0 Å². The van der Waals surface area contributed by atoms with Crippen molar-refractivity contribution in [3.63, 3.8) is 0 Å². The second-order valence-corrected chi connectivity index (χ2v) is 10.6. The molecule has 4 heterocycles. The summed E-state index contributed by atoms with van der Waals surface area (Å²) in [6.07, 6.45) is 3.00. The Balaban J connectivity index is 1.48. The molecule has 0 aliphatic carbocycles. The van der Waals surface area contributed by atoms with Crippen molar-refractivity contribution in [1.82, 2.24) is 35.0 Å². The van der Waals surface area contributed by atoms with Gasteiger partial charge in [-0.05, 0) is 59.1 Å². The maximum Gasteiger partial charge on any atom is 0.416 e. The normalized spacial score (nSPS) is 16.1. The van der Waals surface area contributed by atoms with Crippen molar-refractivity contribution < 1.29 is 22.8 Å². The highest BCUT2D eigenvalue weighted by molar-refractivity contribution is 8.18. The van der Waals surface area contributed by atoms with E-state index < -0.39 is 28.9 Å². The number of carbonyl (C=O) groups is 2. The summed E-state index contributed by atoms with van der Waals surface area (Å²) in [6, 6.07) is 7.80. The van der Waals surface area contributed by atoms with Gasteiger partial charge in [0.25, 0.3) is 11.1 Å². The third-order valence-corrected chi connectivity index (χ3v) is 7.93. The second kappa shape index (κ2) is 10.6. The third-order valence-electron chi connectivity index (χ3n) is 6.69. The minimum Gasteiger partial charge on any atom is -0.349 e. The molecule has 2 amide bonds. The van der Waals surface area contributed by atoms with Crippen LogP contribution in [0.25, 0.3) is 16.5 Å². The molecule has 1 unspecified atom stereocenters. The summed E-state index contributed by atoms with van der Waals surface area (Å²) in [6.45, 7) is 0. The van der Waals surface area contributed by atoms with Gasteiger partial charge in [-0.1, -0.05) is 23.7 Å². The molecule has 0 spiro atoms. The molecule has 1 saturated heterocycles. The first kappa shape index (κ1) is 26.8. The molecule has 1 fully saturated rings. The predicted octanol–water partition coefficient (Wildman–Crippen LogP) is 6.31. The highest BCUT2D eigenvalue weighted by atomic mass is 35.5. The highest BCUT2D eigenvalue weighted by Gasteiger charge is 2.44. The van der Waals surface area contributed by atoms with Gasteiger partial charge < -0.3 is 9.97 Å². The summed E-state index contributed by atoms with van der Waals surface area (Å²) in [4.78, 5) is 43.0. The van der Waals surface area contributed by atoms with Crippen LogP contribution in [0.15, 0.2) is 72.3 Å². The Kier molecular flexibility index (Phi) is 6.91. The fourth-order valence-electron chi connectivity index (χ4n) is 4.80. The van der Waals surface area contributed by atoms with Crippen LogP contribution in [0.4, 0.5) is 18.0 Å². The first-order valence-electron chi connectivity index (χ1n) is 12.2. The summed E-state index contributed by atoms with van der Waals surface area (Å²) < 4.78 is 42.1. The Bertz CT molecular complexity index is 1780. The van der Waals surface area contributed by atoms with Gasteiger partial charge in [0, 0.05) is 41.6 Å². The van der Waals surface area contributed by atoms with Gasteiger partial charge in [-0.15, -0.1) is 0 Å². The Hall–Kier alpha value is -4.36. The van der Waals surface area contributed by atoms with Crippen LogP contribution < -0.4 is 0 Å². The van der Waals surface area contributed by atoms with Crippen LogP contribution in [-0.4, -0.2) is 46.2 Å². The number of alkyl halides is 3. The monoisotopic (exact) mass is 597 g/mol. The SMILES string of the molecule is O=C1S/C(=C(/Cc2ccc(Cl)cc2C(F)(F)F)c2ccc3[nH]ncc3c2)C(=O)N1C(Cc1ncc[nH]1)c1ncc[nH]1. The van der Waals surface area contributed by atoms with Crippen molar-refractivity contribution in [3.8, 4) is 0 Å². The summed E-state index contributed by atoms with van der Waals surface area (Å²) in [5.74, 6) is 0.247. The topological polar surface area (TPSA) is 123 Å². The summed E-state index contributed by atoms with van der Waals surface area (Å²) >= 11 is 6.59. The molecule has 9 nitrogen and oxygen atoms in total. The molecule has 5 aromatic rings. The fourth-order valence-corrected chi connectivity index (χ4v) is 5.95. The number of allylic oxidation sites excluding steroid dienone is 1. The van der Waals surface area contributed by atoms with E-state index >= 15 is 0 Å². The number of carbonyl (C=O) groups excluding carboxylic acids is 2. The van der Waals surface area contributed by atoms with Gasteiger partial charge in [0.1, 0.15) is 17.7 Å². The average Bonchev–Trinajstić information content (AvgIpc) is 3.75. The van der Waals surface area contributed by atoms with E-state index in [0.717, 1.165) is 11.0 Å². The number of benzene rings is 2. The number of hydrogen-bond donors (Lipinski definition) is 3. The smallest absolute Gasteiger partial charge is 0.349 e. The Labute approximate surface area is 239 Å². The molecular weight excluding hydrogens is 579 g/mol. The Morgan fingerprint density at radius 2 is 1.85 bits per heavy atom. The van der Waals surface area contributed by atoms with E-state index in [-0.39, 0.29) is 33.9 Å². The van der Waals surface area contributed by atoms with Crippen molar-refractivity contribution in [1.29, 1.82) is 0 Å². The number of fused-ring (bicyclic) bond motifs is 1. The molecule has 14 heteroatoms. The van der Waals surface area contributed by atoms with E-state index in [1.807, 2.05) is 0 Å². The van der Waals surface area contributed by atoms with Crippen LogP contribution in [0, 0.1) is 0 Å². The van der Waals surface area contributed by atoms with Crippen LogP contribution in [0.5, 0.6) is 0 Å². The zero-order chi connectivity index (χ0) is 28.7. The minimum absolute atomic E-state index is 0.0249. The first-order chi connectivity index (χ1) is 19.7. The molecule has 0 saturated carbocycles. The number of hydrogen-bond acceptors (Lipinski definition) is 6. The van der Waals surface area contributed by atoms with Crippen LogP contribution in [0.3, 0.4) is 0 Å². The van der Waals surface area contributed by atoms with E-state index in [4.69, 9.17) is 11.6 Å². The maximum absolute atomic E-state index is 14.0. The number of halogens is 4. The number of amides is 2. The number of thioether (sulfide) groups is 1. The van der Waals surface area contributed by atoms with E-state index in [0.29, 0.717) is 39.9 Å². The highest BCUT2D eigenvalue weighted by Crippen LogP contribution is 2.44. The average molecular weight is 598 g/mol. The lowest BCUT2D eigenvalue weighted by Crippen LogP contribution is -2.35. The molecule has 0 radical (unpaired) electrons. The zero-order valence-corrected chi connectivity index (χ0v) is 22.4. The maximum atomic E-state index is 14.0. The lowest BCUT2D eigenvalue weighted by atomic mass is 9.93. The van der Waals surface area contributed by atoms with Crippen molar-refractivity contribution in [2.75, 3.05) is 0 Å². The Morgan fingerprint density at radius 3 is 2.59 bits per heavy atom. The number of nitrogens with zero attached hydrogens (tertiary/aromatic N) is 4. The molecule has 6 rings (SSSR count). The zero-order valence-electron chi connectivity index (χ0n) is 20.9. The van der Waals surface area contributed by atoms with Gasteiger partial charge in [0.15, 0.2) is 0 Å². The summed E-state index contributed by atoms with van der Waals surface area (Å²) in [5.41, 5.74) is 0.447. The van der Waals surface area contributed by atoms with Gasteiger partial charge in [0.05, 0.1) is 22.2 Å². The predicted molar refractivity (Wildman–Crippen MR) is 147 cm³/mol. The van der Waals surface area contributed by atoms with Crippen LogP contribution in [-0.2, 0) is 23.8 Å². The number of nitrogens with one attached hydrogen (secondary N) is 3. The molecule has 3 aromatic heterocycles. The minimum atomic E-state index is -4.69. The molecule has 3 N–H and O–H groups in total. The number of imide groups is 1. The van der Waals surface area contributed by atoms with Gasteiger partial charge in [-0.3, -0.25) is 19.6 Å². The van der Waals surface area contributed by atoms with Crippen molar-refractivity contribution in [2.45, 2.75) is 25.1 Å². The lowest BCUT2D eigenvalue weighted by Gasteiger charge is -2.23. The third kappa shape index (κ3) is 5.25. The van der Waals surface area contributed by atoms with Gasteiger partial charge in [-0.25, -0.2) is 9.97 Å². The molecule has 208 valence electrons. The number of aromatic nitrogens is 6. The van der Waals surface area contributed by atoms with Gasteiger partial charge in [0.2, 0.25) is 0 Å². The molecule has 1 aliphatic heterocycles. The fraction of sp³-hybridized carbons (Fsp3) is 0.148. The van der Waals surface area contributed by atoms with Gasteiger partial charge >= 0.3 is 6.18 Å². The van der Waals surface area contributed by atoms with Crippen molar-refractivity contribution >= 4 is 51.0 Å². The number of rotatable bonds is 7. The van der Waals surface area contributed by atoms with E-state index in [9.17, 15) is 22.8 Å². The molecule has 41 heavy (non-hydrogen) atoms.